The summed E-state index contributed by atoms with van der Waals surface area (Å²) in [4.78, 5) is 65.4. The standard InChI is InChI=1S/C28H26BrNO7/c1-12-8-14(9-13(2)25(12)34)22-15-5-6-16-23(28(37)30(27(16)36)7-3-4-21(32)33)17(15)10-18-24(22)20(31)11-19(29)26(18)35/h5,8-9,11,16-17,22-23,34H,3-4,6-7,10H2,1-2H3,(H,32,33). The van der Waals surface area contributed by atoms with Crippen LogP contribution in [0.25, 0.3) is 0 Å². The Morgan fingerprint density at radius 1 is 1.08 bits per heavy atom. The van der Waals surface area contributed by atoms with Crippen LogP contribution in [0.2, 0.25) is 0 Å². The number of Topliss-reactive ketones (excluding diaryl/α,β-unsaturated/α-hetero) is 1. The number of carbonyl (C=O) groups is 5. The van der Waals surface area contributed by atoms with Crippen molar-refractivity contribution in [3.63, 3.8) is 0 Å². The van der Waals surface area contributed by atoms with Gasteiger partial charge >= 0.3 is 5.97 Å². The predicted octanol–water partition coefficient (Wildman–Crippen LogP) is 3.64. The Balaban J connectivity index is 1.60. The second kappa shape index (κ2) is 9.20. The quantitative estimate of drug-likeness (QED) is 0.315. The van der Waals surface area contributed by atoms with Gasteiger partial charge in [-0.3, -0.25) is 28.9 Å². The fourth-order valence-electron chi connectivity index (χ4n) is 6.42. The van der Waals surface area contributed by atoms with Crippen LogP contribution < -0.4 is 0 Å². The van der Waals surface area contributed by atoms with E-state index in [9.17, 15) is 29.1 Å². The van der Waals surface area contributed by atoms with E-state index >= 15 is 0 Å². The smallest absolute Gasteiger partial charge is 0.303 e. The number of amides is 2. The fraction of sp³-hybridized carbons (Fsp3) is 0.393. The van der Waals surface area contributed by atoms with Crippen LogP contribution in [0, 0.1) is 31.6 Å². The molecule has 0 saturated carbocycles. The van der Waals surface area contributed by atoms with Gasteiger partial charge in [0, 0.05) is 36.1 Å². The highest BCUT2D eigenvalue weighted by molar-refractivity contribution is 9.12. The summed E-state index contributed by atoms with van der Waals surface area (Å²) in [6.45, 7) is 3.58. The largest absolute Gasteiger partial charge is 0.507 e. The third-order valence-corrected chi connectivity index (χ3v) is 8.63. The molecule has 2 N–H and O–H groups in total. The summed E-state index contributed by atoms with van der Waals surface area (Å²) in [7, 11) is 0. The highest BCUT2D eigenvalue weighted by Gasteiger charge is 2.56. The summed E-state index contributed by atoms with van der Waals surface area (Å²) < 4.78 is 0.164. The number of likely N-dealkylation sites (tertiary alicyclic amines) is 1. The van der Waals surface area contributed by atoms with E-state index < -0.39 is 29.6 Å². The molecule has 4 atom stereocenters. The van der Waals surface area contributed by atoms with Gasteiger partial charge < -0.3 is 10.2 Å². The zero-order valence-electron chi connectivity index (χ0n) is 20.4. The lowest BCUT2D eigenvalue weighted by atomic mass is 9.59. The molecule has 192 valence electrons. The number of hydrogen-bond donors (Lipinski definition) is 2. The normalized spacial score (nSPS) is 27.1. The van der Waals surface area contributed by atoms with Crippen LogP contribution in [0.4, 0.5) is 0 Å². The molecule has 3 aliphatic carbocycles. The number of aromatic hydroxyl groups is 1. The number of carbonyl (C=O) groups excluding carboxylic acids is 4. The lowest BCUT2D eigenvalue weighted by molar-refractivity contribution is -0.142. The molecule has 0 bridgehead atoms. The number of nitrogens with zero attached hydrogens (tertiary/aromatic N) is 1. The van der Waals surface area contributed by atoms with Gasteiger partial charge in [0.05, 0.1) is 16.3 Å². The number of ketones is 2. The molecule has 5 rings (SSSR count). The van der Waals surface area contributed by atoms with Crippen LogP contribution in [-0.2, 0) is 24.0 Å². The van der Waals surface area contributed by atoms with Crippen LogP contribution in [0.3, 0.4) is 0 Å². The van der Waals surface area contributed by atoms with Gasteiger partial charge in [0.15, 0.2) is 11.6 Å². The van der Waals surface area contributed by atoms with Crippen LogP contribution in [0.1, 0.15) is 48.3 Å². The SMILES string of the molecule is Cc1cc(C2C3=CCC4C(=O)N(CCCC(=O)O)C(=O)C4C3CC3=C2C(=O)C=C(Br)C3=O)cc(C)c1O. The molecule has 4 unspecified atom stereocenters. The molecule has 1 aromatic rings. The summed E-state index contributed by atoms with van der Waals surface area (Å²) >= 11 is 3.21. The van der Waals surface area contributed by atoms with Crippen LogP contribution in [-0.4, -0.2) is 51.0 Å². The van der Waals surface area contributed by atoms with Crippen molar-refractivity contribution in [1.82, 2.24) is 4.90 Å². The third kappa shape index (κ3) is 4.00. The summed E-state index contributed by atoms with van der Waals surface area (Å²) in [5.74, 6) is -4.36. The van der Waals surface area contributed by atoms with E-state index in [1.54, 1.807) is 26.0 Å². The van der Waals surface area contributed by atoms with Gasteiger partial charge in [-0.15, -0.1) is 0 Å². The van der Waals surface area contributed by atoms with Crippen molar-refractivity contribution < 1.29 is 34.2 Å². The monoisotopic (exact) mass is 567 g/mol. The Morgan fingerprint density at radius 3 is 2.41 bits per heavy atom. The maximum absolute atomic E-state index is 13.6. The van der Waals surface area contributed by atoms with E-state index in [0.29, 0.717) is 28.7 Å². The number of carboxylic acids is 1. The lowest BCUT2D eigenvalue weighted by Gasteiger charge is -2.42. The number of aryl methyl sites for hydroxylation is 2. The van der Waals surface area contributed by atoms with Gasteiger partial charge in [0.25, 0.3) is 0 Å². The number of aliphatic carboxylic acids is 1. The Hall–Kier alpha value is -3.33. The average molecular weight is 568 g/mol. The number of carboxylic acid groups (broad SMARTS) is 1. The second-order valence-electron chi connectivity index (χ2n) is 10.2. The molecule has 0 aromatic heterocycles. The minimum atomic E-state index is -0.992. The van der Waals surface area contributed by atoms with Gasteiger partial charge in [0.1, 0.15) is 5.75 Å². The van der Waals surface area contributed by atoms with Crippen LogP contribution in [0.5, 0.6) is 5.75 Å². The number of halogens is 1. The van der Waals surface area contributed by atoms with Crippen LogP contribution >= 0.6 is 15.9 Å². The molecular formula is C28H26BrNO7. The van der Waals surface area contributed by atoms with Crippen molar-refractivity contribution in [3.05, 3.63) is 62.2 Å². The average Bonchev–Trinajstić information content (AvgIpc) is 3.09. The van der Waals surface area contributed by atoms with E-state index in [1.807, 2.05) is 6.08 Å². The molecular weight excluding hydrogens is 542 g/mol. The maximum atomic E-state index is 13.6. The van der Waals surface area contributed by atoms with Crippen molar-refractivity contribution >= 4 is 45.3 Å². The van der Waals surface area contributed by atoms with E-state index in [4.69, 9.17) is 5.11 Å². The van der Waals surface area contributed by atoms with E-state index in [-0.39, 0.29) is 59.4 Å². The number of phenolic OH excluding ortho intramolecular Hbond substituents is 1. The van der Waals surface area contributed by atoms with E-state index in [2.05, 4.69) is 15.9 Å². The van der Waals surface area contributed by atoms with Crippen molar-refractivity contribution in [2.75, 3.05) is 6.54 Å². The number of rotatable bonds is 5. The fourth-order valence-corrected chi connectivity index (χ4v) is 6.86. The Bertz CT molecular complexity index is 1360. The van der Waals surface area contributed by atoms with Gasteiger partial charge in [0.2, 0.25) is 11.8 Å². The first kappa shape index (κ1) is 25.3. The zero-order valence-corrected chi connectivity index (χ0v) is 22.0. The van der Waals surface area contributed by atoms with Gasteiger partial charge in [-0.05, 0) is 71.6 Å². The van der Waals surface area contributed by atoms with Crippen molar-refractivity contribution in [2.24, 2.45) is 17.8 Å². The third-order valence-electron chi connectivity index (χ3n) is 8.04. The molecule has 4 aliphatic rings. The number of phenols is 1. The number of allylic oxidation sites excluding steroid dienone is 6. The molecule has 2 amide bonds. The first-order valence-corrected chi connectivity index (χ1v) is 13.1. The molecule has 0 radical (unpaired) electrons. The molecule has 37 heavy (non-hydrogen) atoms. The Kier molecular flexibility index (Phi) is 6.30. The number of fused-ring (bicyclic) bond motifs is 3. The molecule has 0 spiro atoms. The maximum Gasteiger partial charge on any atom is 0.303 e. The van der Waals surface area contributed by atoms with Crippen LogP contribution in [0.15, 0.2) is 45.5 Å². The molecule has 1 heterocycles. The predicted molar refractivity (Wildman–Crippen MR) is 136 cm³/mol. The Morgan fingerprint density at radius 2 is 1.76 bits per heavy atom. The van der Waals surface area contributed by atoms with Gasteiger partial charge in [-0.25, -0.2) is 0 Å². The molecule has 1 fully saturated rings. The zero-order chi connectivity index (χ0) is 26.8. The number of imide groups is 1. The van der Waals surface area contributed by atoms with Gasteiger partial charge in [-0.2, -0.15) is 0 Å². The summed E-state index contributed by atoms with van der Waals surface area (Å²) in [5.41, 5.74) is 3.59. The minimum Gasteiger partial charge on any atom is -0.507 e. The molecule has 9 heteroatoms. The summed E-state index contributed by atoms with van der Waals surface area (Å²) in [6.07, 6.45) is 3.75. The highest BCUT2D eigenvalue weighted by atomic mass is 79.9. The number of hydrogen-bond acceptors (Lipinski definition) is 6. The van der Waals surface area contributed by atoms with E-state index in [1.165, 1.54) is 11.0 Å². The lowest BCUT2D eigenvalue weighted by Crippen LogP contribution is -2.39. The molecule has 1 aliphatic heterocycles. The molecule has 8 nitrogen and oxygen atoms in total. The highest BCUT2D eigenvalue weighted by Crippen LogP contribution is 2.55. The van der Waals surface area contributed by atoms with Crippen molar-refractivity contribution in [3.8, 4) is 5.75 Å². The molecule has 1 aromatic carbocycles. The molecule has 1 saturated heterocycles. The number of benzene rings is 1. The first-order chi connectivity index (χ1) is 17.5. The first-order valence-electron chi connectivity index (χ1n) is 12.3. The Labute approximate surface area is 221 Å². The minimum absolute atomic E-state index is 0.0401. The van der Waals surface area contributed by atoms with E-state index in [0.717, 1.165) is 11.1 Å². The summed E-state index contributed by atoms with van der Waals surface area (Å²) in [5, 5.41) is 19.3. The van der Waals surface area contributed by atoms with Crippen molar-refractivity contribution in [2.45, 2.75) is 45.4 Å². The van der Waals surface area contributed by atoms with Gasteiger partial charge in [-0.1, -0.05) is 23.8 Å². The second-order valence-corrected chi connectivity index (χ2v) is 11.1. The van der Waals surface area contributed by atoms with Crippen molar-refractivity contribution in [1.29, 1.82) is 0 Å². The topological polar surface area (TPSA) is 129 Å². The summed E-state index contributed by atoms with van der Waals surface area (Å²) in [6, 6.07) is 3.61.